The van der Waals surface area contributed by atoms with Crippen LogP contribution in [-0.2, 0) is 9.53 Å². The van der Waals surface area contributed by atoms with Gasteiger partial charge in [-0.25, -0.2) is 9.79 Å². The zero-order valence-electron chi connectivity index (χ0n) is 12.8. The van der Waals surface area contributed by atoms with Crippen LogP contribution < -0.4 is 4.74 Å². The smallest absolute Gasteiger partial charge is 0.363 e. The van der Waals surface area contributed by atoms with Gasteiger partial charge in [0.15, 0.2) is 5.70 Å². The first kappa shape index (κ1) is 17.4. The van der Waals surface area contributed by atoms with Crippen molar-refractivity contribution in [2.75, 3.05) is 6.61 Å². The van der Waals surface area contributed by atoms with E-state index in [1.165, 1.54) is 0 Å². The summed E-state index contributed by atoms with van der Waals surface area (Å²) in [6, 6.07) is 13.3. The summed E-state index contributed by atoms with van der Waals surface area (Å²) >= 11 is 4.46. The summed E-state index contributed by atoms with van der Waals surface area (Å²) in [5, 5.41) is 0. The van der Waals surface area contributed by atoms with Crippen LogP contribution in [0.25, 0.3) is 6.08 Å². The van der Waals surface area contributed by atoms with E-state index in [4.69, 9.17) is 9.47 Å². The minimum Gasteiger partial charge on any atom is -0.492 e. The molecule has 0 aliphatic carbocycles. The summed E-state index contributed by atoms with van der Waals surface area (Å²) < 4.78 is 12.9. The Labute approximate surface area is 167 Å². The fraction of sp³-hybridized carbons (Fsp3) is 0.111. The molecule has 24 heavy (non-hydrogen) atoms. The molecule has 0 unspecified atom stereocenters. The number of nitrogens with zero attached hydrogens (tertiary/aromatic N) is 1. The van der Waals surface area contributed by atoms with Crippen LogP contribution in [0.15, 0.2) is 53.2 Å². The summed E-state index contributed by atoms with van der Waals surface area (Å²) in [6.45, 7) is 2.57. The molecule has 1 heterocycles. The van der Waals surface area contributed by atoms with Crippen molar-refractivity contribution < 1.29 is 14.3 Å². The maximum absolute atomic E-state index is 12.1. The maximum atomic E-state index is 12.1. The Bertz CT molecular complexity index is 822. The van der Waals surface area contributed by atoms with E-state index >= 15 is 0 Å². The summed E-state index contributed by atoms with van der Waals surface area (Å²) in [5.41, 5.74) is 1.96. The third-order valence-corrected chi connectivity index (χ3v) is 4.86. The van der Waals surface area contributed by atoms with Crippen molar-refractivity contribution in [3.8, 4) is 5.75 Å². The Morgan fingerprint density at radius 1 is 1.17 bits per heavy atom. The van der Waals surface area contributed by atoms with Crippen molar-refractivity contribution in [2.24, 2.45) is 4.99 Å². The fourth-order valence-electron chi connectivity index (χ4n) is 2.22. The molecule has 1 aliphatic rings. The molecule has 122 valence electrons. The molecule has 0 fully saturated rings. The van der Waals surface area contributed by atoms with Crippen molar-refractivity contribution >= 4 is 63.1 Å². The van der Waals surface area contributed by atoms with Gasteiger partial charge in [-0.1, -0.05) is 18.2 Å². The SMILES string of the molecule is CCOc1c(I)cc(/C=C2\N=C(c3ccccc3)OC2=O)cc1I. The molecule has 0 saturated heterocycles. The van der Waals surface area contributed by atoms with Crippen LogP contribution >= 0.6 is 45.2 Å². The quantitative estimate of drug-likeness (QED) is 0.320. The zero-order chi connectivity index (χ0) is 17.1. The third kappa shape index (κ3) is 3.80. The van der Waals surface area contributed by atoms with Gasteiger partial charge in [0.25, 0.3) is 0 Å². The molecule has 0 saturated carbocycles. The van der Waals surface area contributed by atoms with E-state index in [9.17, 15) is 4.79 Å². The van der Waals surface area contributed by atoms with Gasteiger partial charge in [-0.15, -0.1) is 0 Å². The number of rotatable bonds is 4. The Morgan fingerprint density at radius 3 is 2.46 bits per heavy atom. The second-order valence-corrected chi connectivity index (χ2v) is 7.27. The lowest BCUT2D eigenvalue weighted by molar-refractivity contribution is -0.129. The average molecular weight is 545 g/mol. The number of hydrogen-bond acceptors (Lipinski definition) is 4. The number of carbonyl (C=O) groups is 1. The van der Waals surface area contributed by atoms with E-state index in [2.05, 4.69) is 50.2 Å². The highest BCUT2D eigenvalue weighted by Gasteiger charge is 2.24. The van der Waals surface area contributed by atoms with Gasteiger partial charge in [0, 0.05) is 5.56 Å². The molecule has 3 rings (SSSR count). The Hall–Kier alpha value is -1.42. The molecule has 1 aliphatic heterocycles. The monoisotopic (exact) mass is 545 g/mol. The maximum Gasteiger partial charge on any atom is 0.363 e. The highest BCUT2D eigenvalue weighted by Crippen LogP contribution is 2.30. The fourth-order valence-corrected chi connectivity index (χ4v) is 4.34. The van der Waals surface area contributed by atoms with E-state index in [0.717, 1.165) is 24.0 Å². The first-order chi connectivity index (χ1) is 11.6. The van der Waals surface area contributed by atoms with Gasteiger partial charge in [0.2, 0.25) is 5.90 Å². The predicted molar refractivity (Wildman–Crippen MR) is 110 cm³/mol. The standard InChI is InChI=1S/C18H13I2NO3/c1-2-23-16-13(19)8-11(9-14(16)20)10-15-18(22)24-17(21-15)12-6-4-3-5-7-12/h3-10H,2H2,1H3/b15-10-. The minimum absolute atomic E-state index is 0.296. The van der Waals surface area contributed by atoms with Crippen molar-refractivity contribution in [1.29, 1.82) is 0 Å². The molecule has 0 radical (unpaired) electrons. The second kappa shape index (κ2) is 7.64. The van der Waals surface area contributed by atoms with Crippen LogP contribution in [-0.4, -0.2) is 18.5 Å². The van der Waals surface area contributed by atoms with E-state index in [0.29, 0.717) is 18.2 Å². The van der Waals surface area contributed by atoms with E-state index in [-0.39, 0.29) is 0 Å². The largest absolute Gasteiger partial charge is 0.492 e. The van der Waals surface area contributed by atoms with Gasteiger partial charge < -0.3 is 9.47 Å². The zero-order valence-corrected chi connectivity index (χ0v) is 17.1. The number of carbonyl (C=O) groups excluding carboxylic acids is 1. The van der Waals surface area contributed by atoms with E-state index in [1.807, 2.05) is 49.4 Å². The first-order valence-corrected chi connectivity index (χ1v) is 9.44. The van der Waals surface area contributed by atoms with E-state index in [1.54, 1.807) is 6.08 Å². The van der Waals surface area contributed by atoms with Gasteiger partial charge in [-0.2, -0.15) is 0 Å². The lowest BCUT2D eigenvalue weighted by Gasteiger charge is -2.09. The summed E-state index contributed by atoms with van der Waals surface area (Å²) in [4.78, 5) is 16.4. The molecular weight excluding hydrogens is 532 g/mol. The Morgan fingerprint density at radius 2 is 1.83 bits per heavy atom. The molecule has 0 N–H and O–H groups in total. The van der Waals surface area contributed by atoms with Crippen molar-refractivity contribution in [1.82, 2.24) is 0 Å². The topological polar surface area (TPSA) is 47.9 Å². The Balaban J connectivity index is 1.94. The average Bonchev–Trinajstić information content (AvgIpc) is 2.93. The van der Waals surface area contributed by atoms with Gasteiger partial charge in [-0.3, -0.25) is 0 Å². The predicted octanol–water partition coefficient (Wildman–Crippen LogP) is 4.64. The second-order valence-electron chi connectivity index (χ2n) is 4.95. The van der Waals surface area contributed by atoms with Gasteiger partial charge >= 0.3 is 5.97 Å². The van der Waals surface area contributed by atoms with Gasteiger partial charge in [-0.05, 0) is 88.0 Å². The van der Waals surface area contributed by atoms with Crippen molar-refractivity contribution in [3.63, 3.8) is 0 Å². The molecule has 2 aromatic rings. The van der Waals surface area contributed by atoms with Crippen LogP contribution in [0.4, 0.5) is 0 Å². The van der Waals surface area contributed by atoms with Crippen molar-refractivity contribution in [2.45, 2.75) is 6.92 Å². The summed E-state index contributed by atoms with van der Waals surface area (Å²) in [5.74, 6) is 0.762. The van der Waals surface area contributed by atoms with E-state index < -0.39 is 5.97 Å². The number of halogens is 2. The van der Waals surface area contributed by atoms with Crippen molar-refractivity contribution in [3.05, 3.63) is 66.4 Å². The molecule has 2 aromatic carbocycles. The van der Waals surface area contributed by atoms with Gasteiger partial charge in [0.05, 0.1) is 13.7 Å². The highest BCUT2D eigenvalue weighted by molar-refractivity contribution is 14.1. The molecule has 0 amide bonds. The normalized spacial score (nSPS) is 15.4. The van der Waals surface area contributed by atoms with Crippen LogP contribution in [0, 0.1) is 7.14 Å². The van der Waals surface area contributed by atoms with Crippen LogP contribution in [0.3, 0.4) is 0 Å². The lowest BCUT2D eigenvalue weighted by atomic mass is 10.2. The number of esters is 1. The first-order valence-electron chi connectivity index (χ1n) is 7.28. The molecule has 6 heteroatoms. The highest BCUT2D eigenvalue weighted by atomic mass is 127. The van der Waals surface area contributed by atoms with Crippen LogP contribution in [0.5, 0.6) is 5.75 Å². The molecule has 4 nitrogen and oxygen atoms in total. The van der Waals surface area contributed by atoms with Gasteiger partial charge in [0.1, 0.15) is 5.75 Å². The van der Waals surface area contributed by atoms with Crippen LogP contribution in [0.1, 0.15) is 18.1 Å². The van der Waals surface area contributed by atoms with Crippen LogP contribution in [0.2, 0.25) is 0 Å². The molecular formula is C18H13I2NO3. The number of benzene rings is 2. The lowest BCUT2D eigenvalue weighted by Crippen LogP contribution is -2.05. The third-order valence-electron chi connectivity index (χ3n) is 3.25. The molecule has 0 bridgehead atoms. The Kier molecular flexibility index (Phi) is 5.54. The minimum atomic E-state index is -0.437. The number of hydrogen-bond donors (Lipinski definition) is 0. The summed E-state index contributed by atoms with van der Waals surface area (Å²) in [7, 11) is 0. The molecule has 0 aromatic heterocycles. The number of ether oxygens (including phenoxy) is 2. The number of aliphatic imine (C=N–C) groups is 1. The number of cyclic esters (lactones) is 1. The molecule has 0 atom stereocenters. The summed E-state index contributed by atoms with van der Waals surface area (Å²) in [6.07, 6.45) is 1.73. The molecule has 0 spiro atoms.